The molecule has 7 rings (SSSR count). The Hall–Kier alpha value is -5.17. The predicted molar refractivity (Wildman–Crippen MR) is 154 cm³/mol. The molecule has 3 aliphatic rings. The summed E-state index contributed by atoms with van der Waals surface area (Å²) in [5.74, 6) is -1.99. The number of anilines is 1. The molecular formula is C34H24N2O5. The van der Waals surface area contributed by atoms with Gasteiger partial charge >= 0.3 is 0 Å². The minimum absolute atomic E-state index is 0.171. The van der Waals surface area contributed by atoms with Crippen LogP contribution >= 0.6 is 0 Å². The van der Waals surface area contributed by atoms with Crippen LogP contribution in [0.25, 0.3) is 6.08 Å². The van der Waals surface area contributed by atoms with Gasteiger partial charge < -0.3 is 4.90 Å². The molecule has 0 aromatic heterocycles. The number of para-hydroxylation sites is 1. The van der Waals surface area contributed by atoms with E-state index in [0.717, 1.165) is 16.8 Å². The maximum atomic E-state index is 14.6. The molecule has 2 aliphatic heterocycles. The summed E-state index contributed by atoms with van der Waals surface area (Å²) in [6.45, 7) is 1.93. The number of carbonyl (C=O) groups excluding carboxylic acids is 3. The zero-order valence-electron chi connectivity index (χ0n) is 22.1. The second-order valence-electron chi connectivity index (χ2n) is 10.8. The van der Waals surface area contributed by atoms with Crippen LogP contribution in [0, 0.1) is 22.5 Å². The van der Waals surface area contributed by atoms with E-state index < -0.39 is 28.3 Å². The van der Waals surface area contributed by atoms with E-state index in [1.807, 2.05) is 60.4 Å². The van der Waals surface area contributed by atoms with Gasteiger partial charge in [0.2, 0.25) is 0 Å². The van der Waals surface area contributed by atoms with Gasteiger partial charge in [-0.15, -0.1) is 0 Å². The normalized spacial score (nSPS) is 21.5. The molecule has 0 N–H and O–H groups in total. The lowest BCUT2D eigenvalue weighted by Crippen LogP contribution is -2.48. The van der Waals surface area contributed by atoms with Gasteiger partial charge in [-0.2, -0.15) is 0 Å². The highest BCUT2D eigenvalue weighted by atomic mass is 16.6. The Morgan fingerprint density at radius 1 is 0.854 bits per heavy atom. The Balaban J connectivity index is 1.56. The van der Waals surface area contributed by atoms with Crippen molar-refractivity contribution in [3.05, 3.63) is 147 Å². The number of non-ortho nitro benzene ring substituents is 1. The molecule has 0 saturated carbocycles. The third-order valence-electron chi connectivity index (χ3n) is 8.76. The molecule has 0 radical (unpaired) electrons. The van der Waals surface area contributed by atoms with Crippen molar-refractivity contribution in [1.29, 1.82) is 0 Å². The number of aryl methyl sites for hydroxylation is 1. The lowest BCUT2D eigenvalue weighted by Gasteiger charge is -2.37. The van der Waals surface area contributed by atoms with Crippen molar-refractivity contribution in [2.45, 2.75) is 24.9 Å². The lowest BCUT2D eigenvalue weighted by atomic mass is 9.64. The highest BCUT2D eigenvalue weighted by Gasteiger charge is 2.71. The van der Waals surface area contributed by atoms with Crippen LogP contribution in [0.15, 0.2) is 103 Å². The van der Waals surface area contributed by atoms with Crippen molar-refractivity contribution in [1.82, 2.24) is 0 Å². The second kappa shape index (κ2) is 8.93. The molecule has 41 heavy (non-hydrogen) atoms. The van der Waals surface area contributed by atoms with Gasteiger partial charge in [0.05, 0.1) is 11.0 Å². The number of nitro benzene ring substituents is 1. The molecule has 1 fully saturated rings. The molecule has 2 heterocycles. The number of nitro groups is 1. The van der Waals surface area contributed by atoms with Crippen molar-refractivity contribution in [2.24, 2.45) is 5.41 Å². The lowest BCUT2D eigenvalue weighted by molar-refractivity contribution is -0.384. The molecule has 7 nitrogen and oxygen atoms in total. The Morgan fingerprint density at radius 2 is 1.51 bits per heavy atom. The summed E-state index contributed by atoms with van der Waals surface area (Å²) in [7, 11) is 0. The number of hydrogen-bond acceptors (Lipinski definition) is 6. The number of fused-ring (bicyclic) bond motifs is 5. The Morgan fingerprint density at radius 3 is 2.20 bits per heavy atom. The summed E-state index contributed by atoms with van der Waals surface area (Å²) in [6, 6.07) is 25.8. The molecular weight excluding hydrogens is 516 g/mol. The van der Waals surface area contributed by atoms with E-state index in [4.69, 9.17) is 0 Å². The van der Waals surface area contributed by atoms with E-state index in [9.17, 15) is 24.5 Å². The summed E-state index contributed by atoms with van der Waals surface area (Å²) < 4.78 is 0. The van der Waals surface area contributed by atoms with Gasteiger partial charge in [0.15, 0.2) is 17.3 Å². The maximum Gasteiger partial charge on any atom is 0.269 e. The first-order chi connectivity index (χ1) is 19.8. The van der Waals surface area contributed by atoms with Crippen LogP contribution in [-0.2, 0) is 0 Å². The fourth-order valence-electron chi connectivity index (χ4n) is 7.01. The smallest absolute Gasteiger partial charge is 0.269 e. The third kappa shape index (κ3) is 3.35. The first-order valence-corrected chi connectivity index (χ1v) is 13.4. The molecule has 3 atom stereocenters. The standard InChI is InChI=1S/C34H24N2O5/c1-20-13-15-22(16-14-20)31(37)30-29(23-8-6-9-24(19-23)36(40)41)34(32(38)25-10-3-4-11-26(25)33(34)39)28-18-17-21-7-2-5-12-27(21)35(28)30/h2-19,28-30H,1H3/t28-,29+,30+/m1/s1. The molecule has 4 aromatic rings. The molecule has 0 bridgehead atoms. The van der Waals surface area contributed by atoms with Crippen LogP contribution in [-0.4, -0.2) is 34.4 Å². The predicted octanol–water partition coefficient (Wildman–Crippen LogP) is 6.22. The Labute approximate surface area is 235 Å². The quantitative estimate of drug-likeness (QED) is 0.132. The minimum Gasteiger partial charge on any atom is -0.352 e. The largest absolute Gasteiger partial charge is 0.352 e. The maximum absolute atomic E-state index is 14.6. The van der Waals surface area contributed by atoms with Gasteiger partial charge in [0, 0.05) is 40.4 Å². The van der Waals surface area contributed by atoms with Crippen LogP contribution < -0.4 is 4.90 Å². The monoisotopic (exact) mass is 540 g/mol. The number of benzene rings is 4. The SMILES string of the molecule is Cc1ccc(C(=O)[C@@H]2[C@H](c3cccc([N+](=O)[O-])c3)C3(C(=O)c4ccccc4C3=O)[C@H]3C=Cc4ccccc4N23)cc1. The second-order valence-corrected chi connectivity index (χ2v) is 10.8. The van der Waals surface area contributed by atoms with Crippen LogP contribution in [0.4, 0.5) is 11.4 Å². The van der Waals surface area contributed by atoms with Crippen molar-refractivity contribution in [2.75, 3.05) is 4.90 Å². The highest BCUT2D eigenvalue weighted by molar-refractivity contribution is 6.32. The Kier molecular flexibility index (Phi) is 5.41. The van der Waals surface area contributed by atoms with E-state index in [-0.39, 0.29) is 23.0 Å². The van der Waals surface area contributed by atoms with E-state index in [0.29, 0.717) is 22.3 Å². The van der Waals surface area contributed by atoms with Gasteiger partial charge in [-0.25, -0.2) is 0 Å². The number of hydrogen-bond donors (Lipinski definition) is 0. The highest BCUT2D eigenvalue weighted by Crippen LogP contribution is 2.61. The molecule has 7 heteroatoms. The fourth-order valence-corrected chi connectivity index (χ4v) is 7.01. The summed E-state index contributed by atoms with van der Waals surface area (Å²) in [4.78, 5) is 57.1. The summed E-state index contributed by atoms with van der Waals surface area (Å²) in [5.41, 5.74) is 2.16. The summed E-state index contributed by atoms with van der Waals surface area (Å²) >= 11 is 0. The molecule has 1 spiro atoms. The minimum atomic E-state index is -1.70. The third-order valence-corrected chi connectivity index (χ3v) is 8.76. The van der Waals surface area contributed by atoms with E-state index >= 15 is 0 Å². The van der Waals surface area contributed by atoms with Crippen LogP contribution in [0.3, 0.4) is 0 Å². The van der Waals surface area contributed by atoms with Crippen LogP contribution in [0.2, 0.25) is 0 Å². The first-order valence-electron chi connectivity index (χ1n) is 13.4. The number of Topliss-reactive ketones (excluding diaryl/α,β-unsaturated/α-hetero) is 3. The first kappa shape index (κ1) is 24.8. The summed E-state index contributed by atoms with van der Waals surface area (Å²) in [5, 5.41) is 11.9. The zero-order valence-corrected chi connectivity index (χ0v) is 22.1. The molecule has 4 aromatic carbocycles. The van der Waals surface area contributed by atoms with Gasteiger partial charge in [-0.3, -0.25) is 24.5 Å². The van der Waals surface area contributed by atoms with Gasteiger partial charge in [0.25, 0.3) is 5.69 Å². The van der Waals surface area contributed by atoms with E-state index in [2.05, 4.69) is 0 Å². The average Bonchev–Trinajstić information content (AvgIpc) is 3.43. The van der Waals surface area contributed by atoms with Gasteiger partial charge in [0.1, 0.15) is 11.5 Å². The van der Waals surface area contributed by atoms with Crippen molar-refractivity contribution in [3.8, 4) is 0 Å². The van der Waals surface area contributed by atoms with Crippen molar-refractivity contribution in [3.63, 3.8) is 0 Å². The van der Waals surface area contributed by atoms with Crippen LogP contribution in [0.1, 0.15) is 53.7 Å². The van der Waals surface area contributed by atoms with E-state index in [1.165, 1.54) is 12.1 Å². The topological polar surface area (TPSA) is 97.6 Å². The molecule has 1 saturated heterocycles. The molecule has 0 unspecified atom stereocenters. The number of rotatable bonds is 4. The molecule has 1 aliphatic carbocycles. The molecule has 200 valence electrons. The number of nitrogens with zero attached hydrogens (tertiary/aromatic N) is 2. The fraction of sp³-hybridized carbons (Fsp3) is 0.147. The van der Waals surface area contributed by atoms with Gasteiger partial charge in [-0.05, 0) is 24.1 Å². The zero-order chi connectivity index (χ0) is 28.5. The van der Waals surface area contributed by atoms with Crippen molar-refractivity contribution >= 4 is 34.8 Å². The van der Waals surface area contributed by atoms with Gasteiger partial charge in [-0.1, -0.05) is 96.6 Å². The number of carbonyl (C=O) groups is 3. The van der Waals surface area contributed by atoms with Crippen molar-refractivity contribution < 1.29 is 19.3 Å². The Bertz CT molecular complexity index is 1790. The number of ketones is 3. The summed E-state index contributed by atoms with van der Waals surface area (Å²) in [6.07, 6.45) is 3.74. The molecule has 0 amide bonds. The average molecular weight is 541 g/mol. The van der Waals surface area contributed by atoms with E-state index in [1.54, 1.807) is 48.5 Å². The van der Waals surface area contributed by atoms with Crippen LogP contribution in [0.5, 0.6) is 0 Å².